The minimum absolute atomic E-state index is 0.289. The van der Waals surface area contributed by atoms with Crippen molar-refractivity contribution in [3.8, 4) is 0 Å². The van der Waals surface area contributed by atoms with Crippen LogP contribution in [0.25, 0.3) is 0 Å². The molecule has 1 atom stereocenters. The predicted molar refractivity (Wildman–Crippen MR) is 80.1 cm³/mol. The number of hydrogen-bond donors (Lipinski definition) is 1. The molecule has 2 aromatic rings. The average Bonchev–Trinajstić information content (AvgIpc) is 3.11. The third-order valence-corrected chi connectivity index (χ3v) is 4.50. The molecule has 1 fully saturated rings. The fourth-order valence-corrected chi connectivity index (χ4v) is 3.25. The van der Waals surface area contributed by atoms with Gasteiger partial charge in [0.25, 0.3) is 0 Å². The third-order valence-electron chi connectivity index (χ3n) is 3.68. The van der Waals surface area contributed by atoms with Crippen molar-refractivity contribution in [2.75, 3.05) is 31.6 Å². The van der Waals surface area contributed by atoms with E-state index < -0.39 is 0 Å². The summed E-state index contributed by atoms with van der Waals surface area (Å²) in [5.41, 5.74) is 0. The molecule has 3 rings (SSSR count). The minimum atomic E-state index is 0.289. The Bertz CT molecular complexity index is 537. The van der Waals surface area contributed by atoms with Crippen molar-refractivity contribution in [3.63, 3.8) is 0 Å². The van der Waals surface area contributed by atoms with Crippen LogP contribution in [-0.2, 0) is 6.42 Å². The van der Waals surface area contributed by atoms with E-state index in [2.05, 4.69) is 43.1 Å². The molecule has 20 heavy (non-hydrogen) atoms. The molecule has 7 heteroatoms. The van der Waals surface area contributed by atoms with Crippen LogP contribution < -0.4 is 4.90 Å². The van der Waals surface area contributed by atoms with Gasteiger partial charge in [-0.15, -0.1) is 0 Å². The van der Waals surface area contributed by atoms with E-state index in [1.54, 1.807) is 0 Å². The molecule has 1 N–H and O–H groups in total. The van der Waals surface area contributed by atoms with Gasteiger partial charge in [0.1, 0.15) is 11.6 Å². The van der Waals surface area contributed by atoms with E-state index in [1.807, 2.05) is 12.4 Å². The highest BCUT2D eigenvalue weighted by Gasteiger charge is 2.28. The number of aromatic amines is 1. The third kappa shape index (κ3) is 2.69. The number of hydrogen-bond acceptors (Lipinski definition) is 6. The maximum Gasteiger partial charge on any atom is 0.205 e. The van der Waals surface area contributed by atoms with E-state index in [9.17, 15) is 0 Å². The molecule has 0 saturated carbocycles. The lowest BCUT2D eigenvalue weighted by Gasteiger charge is -2.38. The molecule has 0 bridgehead atoms. The number of nitrogens with zero attached hydrogens (tertiary/aromatic N) is 5. The summed E-state index contributed by atoms with van der Waals surface area (Å²) in [5, 5.41) is 1.04. The number of aryl methyl sites for hydroxylation is 1. The topological polar surface area (TPSA) is 60.9 Å². The van der Waals surface area contributed by atoms with Crippen LogP contribution in [0, 0.1) is 0 Å². The molecule has 0 aliphatic carbocycles. The van der Waals surface area contributed by atoms with E-state index in [-0.39, 0.29) is 6.04 Å². The summed E-state index contributed by atoms with van der Waals surface area (Å²) < 4.78 is 4.44. The van der Waals surface area contributed by atoms with Crippen LogP contribution in [0.4, 0.5) is 5.13 Å². The lowest BCUT2D eigenvalue weighted by molar-refractivity contribution is 0.213. The molecule has 0 aromatic carbocycles. The number of likely N-dealkylation sites (N-methyl/N-ethyl adjacent to an activating group) is 1. The highest BCUT2D eigenvalue weighted by Crippen LogP contribution is 2.26. The van der Waals surface area contributed by atoms with E-state index in [0.717, 1.165) is 49.3 Å². The van der Waals surface area contributed by atoms with Gasteiger partial charge >= 0.3 is 0 Å². The smallest absolute Gasteiger partial charge is 0.205 e. The highest BCUT2D eigenvalue weighted by molar-refractivity contribution is 7.09. The van der Waals surface area contributed by atoms with Crippen molar-refractivity contribution < 1.29 is 0 Å². The number of imidazole rings is 1. The summed E-state index contributed by atoms with van der Waals surface area (Å²) in [4.78, 5) is 16.9. The molecule has 108 valence electrons. The average molecular weight is 292 g/mol. The maximum atomic E-state index is 4.65. The first-order valence-electron chi connectivity index (χ1n) is 7.05. The van der Waals surface area contributed by atoms with Crippen LogP contribution in [0.15, 0.2) is 12.4 Å². The zero-order chi connectivity index (χ0) is 13.9. The normalized spacial score (nSPS) is 20.5. The van der Waals surface area contributed by atoms with E-state index in [4.69, 9.17) is 0 Å². The van der Waals surface area contributed by atoms with Gasteiger partial charge in [0, 0.05) is 50.0 Å². The van der Waals surface area contributed by atoms with Crippen molar-refractivity contribution in [2.24, 2.45) is 0 Å². The predicted octanol–water partition coefficient (Wildman–Crippen LogP) is 1.71. The Morgan fingerprint density at radius 3 is 3.10 bits per heavy atom. The summed E-state index contributed by atoms with van der Waals surface area (Å²) in [7, 11) is 2.15. The van der Waals surface area contributed by atoms with Crippen LogP contribution in [0.5, 0.6) is 0 Å². The van der Waals surface area contributed by atoms with Gasteiger partial charge in [-0.3, -0.25) is 4.90 Å². The van der Waals surface area contributed by atoms with Crippen LogP contribution in [0.1, 0.15) is 31.0 Å². The Hall–Kier alpha value is -1.47. The number of anilines is 1. The van der Waals surface area contributed by atoms with Gasteiger partial charge < -0.3 is 9.88 Å². The molecule has 0 radical (unpaired) electrons. The lowest BCUT2D eigenvalue weighted by atomic mass is 10.2. The van der Waals surface area contributed by atoms with Crippen molar-refractivity contribution in [2.45, 2.75) is 25.8 Å². The first-order chi connectivity index (χ1) is 9.78. The van der Waals surface area contributed by atoms with E-state index in [0.29, 0.717) is 0 Å². The van der Waals surface area contributed by atoms with Gasteiger partial charge in [-0.1, -0.05) is 6.92 Å². The molecule has 2 aromatic heterocycles. The highest BCUT2D eigenvalue weighted by atomic mass is 32.1. The molecule has 1 aliphatic heterocycles. The fraction of sp³-hybridized carbons (Fsp3) is 0.615. The van der Waals surface area contributed by atoms with Crippen LogP contribution >= 0.6 is 11.5 Å². The van der Waals surface area contributed by atoms with Crippen LogP contribution in [0.2, 0.25) is 0 Å². The SMILES string of the molecule is CCCc1nsc(N2CCN(C)C(c3ncc[nH]3)C2)n1. The van der Waals surface area contributed by atoms with Crippen molar-refractivity contribution >= 4 is 16.7 Å². The molecule has 1 aliphatic rings. The molecule has 6 nitrogen and oxygen atoms in total. The summed E-state index contributed by atoms with van der Waals surface area (Å²) in [6, 6.07) is 0.289. The molecule has 3 heterocycles. The van der Waals surface area contributed by atoms with E-state index >= 15 is 0 Å². The number of nitrogens with one attached hydrogen (secondary N) is 1. The van der Waals surface area contributed by atoms with Crippen LogP contribution in [0.3, 0.4) is 0 Å². The second-order valence-corrected chi connectivity index (χ2v) is 5.89. The summed E-state index contributed by atoms with van der Waals surface area (Å²) >= 11 is 1.51. The minimum Gasteiger partial charge on any atom is -0.347 e. The first-order valence-corrected chi connectivity index (χ1v) is 7.82. The monoisotopic (exact) mass is 292 g/mol. The van der Waals surface area contributed by atoms with Crippen molar-refractivity contribution in [3.05, 3.63) is 24.0 Å². The Kier molecular flexibility index (Phi) is 3.98. The van der Waals surface area contributed by atoms with Crippen molar-refractivity contribution in [1.82, 2.24) is 24.2 Å². The Morgan fingerprint density at radius 2 is 2.35 bits per heavy atom. The quantitative estimate of drug-likeness (QED) is 0.929. The molecule has 1 unspecified atom stereocenters. The number of rotatable bonds is 4. The fourth-order valence-electron chi connectivity index (χ4n) is 2.50. The van der Waals surface area contributed by atoms with Crippen molar-refractivity contribution in [1.29, 1.82) is 0 Å². The van der Waals surface area contributed by atoms with E-state index in [1.165, 1.54) is 11.5 Å². The zero-order valence-corrected chi connectivity index (χ0v) is 12.7. The van der Waals surface area contributed by atoms with Gasteiger partial charge in [0.2, 0.25) is 5.13 Å². The first kappa shape index (κ1) is 13.5. The lowest BCUT2D eigenvalue weighted by Crippen LogP contribution is -2.47. The second-order valence-electron chi connectivity index (χ2n) is 5.16. The van der Waals surface area contributed by atoms with Gasteiger partial charge in [-0.05, 0) is 13.5 Å². The largest absolute Gasteiger partial charge is 0.347 e. The molecule has 0 spiro atoms. The summed E-state index contributed by atoms with van der Waals surface area (Å²) in [6.45, 7) is 5.07. The summed E-state index contributed by atoms with van der Waals surface area (Å²) in [6.07, 6.45) is 5.75. The second kappa shape index (κ2) is 5.88. The van der Waals surface area contributed by atoms with Gasteiger partial charge in [0.15, 0.2) is 0 Å². The Morgan fingerprint density at radius 1 is 1.45 bits per heavy atom. The van der Waals surface area contributed by atoms with Gasteiger partial charge in [-0.25, -0.2) is 9.97 Å². The summed E-state index contributed by atoms with van der Waals surface area (Å²) in [5.74, 6) is 2.00. The Balaban J connectivity index is 1.74. The number of piperazine rings is 1. The standard InChI is InChI=1S/C13H20N6S/c1-3-4-11-16-13(20-17-11)19-8-7-18(2)10(9-19)12-14-5-6-15-12/h5-6,10H,3-4,7-9H2,1-2H3,(H,14,15). The van der Waals surface area contributed by atoms with Gasteiger partial charge in [-0.2, -0.15) is 4.37 Å². The zero-order valence-electron chi connectivity index (χ0n) is 11.9. The molecular formula is C13H20N6S. The number of aromatic nitrogens is 4. The maximum absolute atomic E-state index is 4.65. The molecule has 1 saturated heterocycles. The number of H-pyrrole nitrogens is 1. The Labute approximate surface area is 123 Å². The van der Waals surface area contributed by atoms with Crippen LogP contribution in [-0.4, -0.2) is 50.9 Å². The molecular weight excluding hydrogens is 272 g/mol. The van der Waals surface area contributed by atoms with Gasteiger partial charge in [0.05, 0.1) is 6.04 Å². The molecule has 0 amide bonds.